The molecule has 0 radical (unpaired) electrons. The Balaban J connectivity index is 2.65. The maximum Gasteiger partial charge on any atom is 0.410 e. The van der Waals surface area contributed by atoms with Crippen molar-refractivity contribution in [2.75, 3.05) is 19.9 Å². The number of esters is 1. The molecule has 0 N–H and O–H groups in total. The van der Waals surface area contributed by atoms with Gasteiger partial charge in [0.2, 0.25) is 0 Å². The van der Waals surface area contributed by atoms with Gasteiger partial charge in [-0.2, -0.15) is 0 Å². The van der Waals surface area contributed by atoms with Crippen molar-refractivity contribution in [1.82, 2.24) is 4.90 Å². The van der Waals surface area contributed by atoms with Crippen molar-refractivity contribution < 1.29 is 19.1 Å². The number of methoxy groups -OCH3 is 1. The van der Waals surface area contributed by atoms with Gasteiger partial charge < -0.3 is 9.47 Å². The van der Waals surface area contributed by atoms with Crippen molar-refractivity contribution in [3.63, 3.8) is 0 Å². The first-order chi connectivity index (χ1) is 12.7. The Morgan fingerprint density at radius 2 is 1.93 bits per heavy atom. The highest BCUT2D eigenvalue weighted by molar-refractivity contribution is 8.77. The lowest BCUT2D eigenvalue weighted by Gasteiger charge is -2.26. The smallest absolute Gasteiger partial charge is 0.410 e. The number of carbonyl (C=O) groups is 2. The second-order valence-electron chi connectivity index (χ2n) is 6.54. The Morgan fingerprint density at radius 1 is 1.30 bits per heavy atom. The highest BCUT2D eigenvalue weighted by Gasteiger charge is 2.29. The molecule has 0 bridgehead atoms. The minimum absolute atomic E-state index is 0.0339. The molecule has 0 unspecified atom stereocenters. The summed E-state index contributed by atoms with van der Waals surface area (Å²) in [7, 11) is 5.94. The van der Waals surface area contributed by atoms with Crippen LogP contribution in [0.3, 0.4) is 0 Å². The molecule has 0 heterocycles. The molecule has 0 aliphatic carbocycles. The van der Waals surface area contributed by atoms with E-state index in [1.54, 1.807) is 35.1 Å². The fraction of sp³-hybridized carbons (Fsp3) is 0.529. The lowest BCUT2D eigenvalue weighted by Crippen LogP contribution is -2.44. The topological polar surface area (TPSA) is 105 Å². The molecule has 1 rings (SSSR count). The number of amides is 1. The fourth-order valence-corrected chi connectivity index (χ4v) is 4.40. The van der Waals surface area contributed by atoms with Gasteiger partial charge >= 0.3 is 12.1 Å². The van der Waals surface area contributed by atoms with E-state index in [1.807, 2.05) is 0 Å². The average molecular weight is 413 g/mol. The molecule has 1 atom stereocenters. The molecule has 27 heavy (non-hydrogen) atoms. The van der Waals surface area contributed by atoms with E-state index in [0.717, 1.165) is 5.56 Å². The van der Waals surface area contributed by atoms with Crippen molar-refractivity contribution in [2.45, 2.75) is 38.2 Å². The summed E-state index contributed by atoms with van der Waals surface area (Å²) in [5.41, 5.74) is 9.60. The van der Waals surface area contributed by atoms with Crippen LogP contribution in [0.2, 0.25) is 0 Å². The maximum absolute atomic E-state index is 12.3. The van der Waals surface area contributed by atoms with E-state index in [-0.39, 0.29) is 11.4 Å². The number of ether oxygens (including phenoxy) is 2. The number of likely N-dealkylation sites (N-methyl/N-ethyl adjacent to an activating group) is 1. The first kappa shape index (κ1) is 23.0. The minimum Gasteiger partial charge on any atom is -0.467 e. The highest BCUT2D eigenvalue weighted by Crippen LogP contribution is 2.35. The summed E-state index contributed by atoms with van der Waals surface area (Å²) in [5.74, 6) is -0.101. The Bertz CT molecular complexity index is 685. The van der Waals surface area contributed by atoms with Crippen LogP contribution in [0.4, 0.5) is 10.5 Å². The number of azide groups is 1. The summed E-state index contributed by atoms with van der Waals surface area (Å²) >= 11 is 0. The van der Waals surface area contributed by atoms with Gasteiger partial charge in [0.1, 0.15) is 12.6 Å². The third-order valence-corrected chi connectivity index (χ3v) is 6.55. The number of nitrogens with zero attached hydrogens (tertiary/aromatic N) is 4. The van der Waals surface area contributed by atoms with Crippen LogP contribution in [0.1, 0.15) is 26.3 Å². The summed E-state index contributed by atoms with van der Waals surface area (Å²) < 4.78 is 10.1. The predicted octanol–water partition coefficient (Wildman–Crippen LogP) is 4.92. The molecule has 0 fully saturated rings. The van der Waals surface area contributed by atoms with E-state index in [9.17, 15) is 9.59 Å². The van der Waals surface area contributed by atoms with E-state index in [1.165, 1.54) is 29.9 Å². The highest BCUT2D eigenvalue weighted by atomic mass is 33.1. The van der Waals surface area contributed by atoms with Crippen LogP contribution in [-0.2, 0) is 20.9 Å². The zero-order valence-electron chi connectivity index (χ0n) is 16.0. The molecule has 1 aromatic carbocycles. The van der Waals surface area contributed by atoms with E-state index in [2.05, 4.69) is 30.8 Å². The largest absolute Gasteiger partial charge is 0.467 e. The number of rotatable bonds is 8. The standard InChI is InChI=1S/C17H24N4O4S2/c1-17(2,3)27-26-11-14(15(22)24-5)21(4)16(23)25-10-12-6-8-13(9-7-12)19-20-18/h6-9,14H,10-11H2,1-5H3/t14-/m1/s1. The average Bonchev–Trinajstić information content (AvgIpc) is 2.62. The van der Waals surface area contributed by atoms with Gasteiger partial charge in [0.25, 0.3) is 0 Å². The van der Waals surface area contributed by atoms with Gasteiger partial charge in [-0.05, 0) is 11.1 Å². The van der Waals surface area contributed by atoms with Gasteiger partial charge in [0, 0.05) is 28.1 Å². The van der Waals surface area contributed by atoms with Crippen LogP contribution in [0.25, 0.3) is 10.4 Å². The van der Waals surface area contributed by atoms with Gasteiger partial charge in [0.15, 0.2) is 0 Å². The van der Waals surface area contributed by atoms with Crippen LogP contribution in [0, 0.1) is 0 Å². The van der Waals surface area contributed by atoms with Gasteiger partial charge in [0.05, 0.1) is 7.11 Å². The molecule has 0 spiro atoms. The third-order valence-electron chi connectivity index (χ3n) is 3.22. The van der Waals surface area contributed by atoms with Crippen LogP contribution < -0.4 is 0 Å². The van der Waals surface area contributed by atoms with Crippen molar-refractivity contribution >= 4 is 39.3 Å². The van der Waals surface area contributed by atoms with Crippen LogP contribution >= 0.6 is 21.6 Å². The van der Waals surface area contributed by atoms with E-state index in [4.69, 9.17) is 15.0 Å². The van der Waals surface area contributed by atoms with Gasteiger partial charge in [-0.1, -0.05) is 71.7 Å². The van der Waals surface area contributed by atoms with Crippen molar-refractivity contribution in [2.24, 2.45) is 5.11 Å². The van der Waals surface area contributed by atoms with Crippen LogP contribution in [0.15, 0.2) is 29.4 Å². The second-order valence-corrected chi connectivity index (χ2v) is 9.71. The summed E-state index contributed by atoms with van der Waals surface area (Å²) in [6.45, 7) is 6.26. The molecular weight excluding hydrogens is 388 g/mol. The van der Waals surface area contributed by atoms with Crippen LogP contribution in [0.5, 0.6) is 0 Å². The Kier molecular flexibility index (Phi) is 9.34. The van der Waals surface area contributed by atoms with Crippen molar-refractivity contribution in [1.29, 1.82) is 0 Å². The molecule has 8 nitrogen and oxygen atoms in total. The van der Waals surface area contributed by atoms with E-state index in [0.29, 0.717) is 11.4 Å². The maximum atomic E-state index is 12.3. The summed E-state index contributed by atoms with van der Waals surface area (Å²) in [5, 5.41) is 3.48. The Hall–Kier alpha value is -2.03. The normalized spacial score (nSPS) is 11.9. The van der Waals surface area contributed by atoms with Gasteiger partial charge in [-0.3, -0.25) is 4.90 Å². The molecule has 1 amide bonds. The zero-order chi connectivity index (χ0) is 20.4. The minimum atomic E-state index is -0.741. The predicted molar refractivity (Wildman–Crippen MR) is 109 cm³/mol. The molecule has 0 aromatic heterocycles. The molecule has 1 aromatic rings. The first-order valence-electron chi connectivity index (χ1n) is 8.10. The number of benzene rings is 1. The summed E-state index contributed by atoms with van der Waals surface area (Å²) in [4.78, 5) is 28.3. The van der Waals surface area contributed by atoms with E-state index >= 15 is 0 Å². The first-order valence-corrected chi connectivity index (χ1v) is 10.4. The molecule has 0 aliphatic heterocycles. The number of hydrogen-bond acceptors (Lipinski definition) is 7. The quantitative estimate of drug-likeness (QED) is 0.197. The van der Waals surface area contributed by atoms with Gasteiger partial charge in [-0.25, -0.2) is 9.59 Å². The monoisotopic (exact) mass is 412 g/mol. The number of hydrogen-bond donors (Lipinski definition) is 0. The third kappa shape index (κ3) is 8.47. The second kappa shape index (κ2) is 11.0. The summed E-state index contributed by atoms with van der Waals surface area (Å²) in [6, 6.07) is 5.92. The Labute approximate surface area is 167 Å². The van der Waals surface area contributed by atoms with Gasteiger partial charge in [-0.15, -0.1) is 0 Å². The molecule has 0 aliphatic rings. The number of carbonyl (C=O) groups excluding carboxylic acids is 2. The lowest BCUT2D eigenvalue weighted by molar-refractivity contribution is -0.145. The Morgan fingerprint density at radius 3 is 2.44 bits per heavy atom. The summed E-state index contributed by atoms with van der Waals surface area (Å²) in [6.07, 6.45) is -0.620. The molecule has 0 saturated carbocycles. The molecule has 10 heteroatoms. The fourth-order valence-electron chi connectivity index (χ4n) is 1.83. The van der Waals surface area contributed by atoms with Crippen LogP contribution in [-0.4, -0.2) is 47.7 Å². The molecule has 148 valence electrons. The lowest BCUT2D eigenvalue weighted by atomic mass is 10.2. The molecule has 0 saturated heterocycles. The van der Waals surface area contributed by atoms with E-state index < -0.39 is 18.1 Å². The van der Waals surface area contributed by atoms with Crippen molar-refractivity contribution in [3.8, 4) is 0 Å². The SMILES string of the molecule is COC(=O)[C@@H](CSSC(C)(C)C)N(C)C(=O)OCc1ccc(N=[N+]=[N-])cc1. The molecular formula is C17H24N4O4S2. The zero-order valence-corrected chi connectivity index (χ0v) is 17.7. The van der Waals surface area contributed by atoms with Crippen molar-refractivity contribution in [3.05, 3.63) is 40.3 Å².